The van der Waals surface area contributed by atoms with Crippen molar-refractivity contribution in [1.29, 1.82) is 0 Å². The van der Waals surface area contributed by atoms with Crippen molar-refractivity contribution in [2.45, 2.75) is 44.2 Å². The quantitative estimate of drug-likeness (QED) is 0.871. The van der Waals surface area contributed by atoms with Gasteiger partial charge in [-0.2, -0.15) is 0 Å². The summed E-state index contributed by atoms with van der Waals surface area (Å²) in [5.74, 6) is -1.77. The molecule has 1 amide bonds. The number of aliphatic hydroxyl groups is 1. The predicted molar refractivity (Wildman–Crippen MR) is 82.5 cm³/mol. The van der Waals surface area contributed by atoms with Gasteiger partial charge in [-0.25, -0.2) is 0 Å². The minimum atomic E-state index is -0.862. The van der Waals surface area contributed by atoms with Gasteiger partial charge in [0, 0.05) is 17.5 Å². The third kappa shape index (κ3) is 2.90. The van der Waals surface area contributed by atoms with E-state index in [1.54, 1.807) is 0 Å². The molecule has 0 radical (unpaired) electrons. The van der Waals surface area contributed by atoms with E-state index in [1.165, 1.54) is 11.3 Å². The molecule has 1 aliphatic carbocycles. The van der Waals surface area contributed by atoms with Crippen LogP contribution < -0.4 is 0 Å². The number of likely N-dealkylation sites (tertiary alicyclic amines) is 1. The summed E-state index contributed by atoms with van der Waals surface area (Å²) < 4.78 is 0. The predicted octanol–water partition coefficient (Wildman–Crippen LogP) is 2.27. The highest BCUT2D eigenvalue weighted by Crippen LogP contribution is 2.38. The van der Waals surface area contributed by atoms with E-state index in [0.29, 0.717) is 25.8 Å². The van der Waals surface area contributed by atoms with Crippen molar-refractivity contribution in [3.63, 3.8) is 0 Å². The van der Waals surface area contributed by atoms with Crippen LogP contribution in [0.1, 0.15) is 43.1 Å². The SMILES string of the molecule is O=C(O)C1CCC1C(=O)N1CCCC1CC(O)c1cccs1. The zero-order chi connectivity index (χ0) is 15.7. The van der Waals surface area contributed by atoms with E-state index in [-0.39, 0.29) is 17.9 Å². The van der Waals surface area contributed by atoms with Crippen LogP contribution in [0, 0.1) is 11.8 Å². The Labute approximate surface area is 133 Å². The Morgan fingerprint density at radius 2 is 2.09 bits per heavy atom. The van der Waals surface area contributed by atoms with Crippen molar-refractivity contribution in [1.82, 2.24) is 4.90 Å². The van der Waals surface area contributed by atoms with Gasteiger partial charge in [0.1, 0.15) is 0 Å². The Morgan fingerprint density at radius 3 is 2.68 bits per heavy atom. The molecular weight excluding hydrogens is 302 g/mol. The summed E-state index contributed by atoms with van der Waals surface area (Å²) in [6, 6.07) is 3.84. The largest absolute Gasteiger partial charge is 0.481 e. The van der Waals surface area contributed by atoms with Crippen molar-refractivity contribution < 1.29 is 19.8 Å². The molecule has 4 atom stereocenters. The number of rotatable bonds is 5. The number of aliphatic carboxylic acids is 1. The number of amides is 1. The van der Waals surface area contributed by atoms with Gasteiger partial charge in [-0.3, -0.25) is 9.59 Å². The first-order valence-electron chi connectivity index (χ1n) is 7.82. The molecule has 1 aromatic rings. The molecule has 1 aromatic heterocycles. The molecule has 2 N–H and O–H groups in total. The first-order valence-corrected chi connectivity index (χ1v) is 8.70. The number of carboxylic acids is 1. The van der Waals surface area contributed by atoms with Gasteiger partial charge in [0.05, 0.1) is 17.9 Å². The smallest absolute Gasteiger partial charge is 0.307 e. The monoisotopic (exact) mass is 323 g/mol. The highest BCUT2D eigenvalue weighted by Gasteiger charge is 2.45. The lowest BCUT2D eigenvalue weighted by Gasteiger charge is -2.37. The van der Waals surface area contributed by atoms with Crippen LogP contribution in [0.15, 0.2) is 17.5 Å². The molecule has 6 heteroatoms. The molecule has 1 saturated carbocycles. The highest BCUT2D eigenvalue weighted by atomic mass is 32.1. The molecule has 0 spiro atoms. The Morgan fingerprint density at radius 1 is 1.32 bits per heavy atom. The molecule has 3 rings (SSSR count). The van der Waals surface area contributed by atoms with E-state index in [4.69, 9.17) is 5.11 Å². The molecular formula is C16H21NO4S. The summed E-state index contributed by atoms with van der Waals surface area (Å²) >= 11 is 1.52. The fraction of sp³-hybridized carbons (Fsp3) is 0.625. The van der Waals surface area contributed by atoms with Crippen LogP contribution in [0.3, 0.4) is 0 Å². The van der Waals surface area contributed by atoms with Gasteiger partial charge < -0.3 is 15.1 Å². The van der Waals surface area contributed by atoms with Crippen LogP contribution in [0.4, 0.5) is 0 Å². The van der Waals surface area contributed by atoms with Crippen molar-refractivity contribution in [2.75, 3.05) is 6.54 Å². The summed E-state index contributed by atoms with van der Waals surface area (Å²) in [5, 5.41) is 21.4. The second-order valence-electron chi connectivity index (χ2n) is 6.22. The van der Waals surface area contributed by atoms with Crippen molar-refractivity contribution in [2.24, 2.45) is 11.8 Å². The third-order valence-corrected chi connectivity index (χ3v) is 5.91. The molecule has 1 saturated heterocycles. The van der Waals surface area contributed by atoms with Crippen molar-refractivity contribution in [3.8, 4) is 0 Å². The number of hydrogen-bond donors (Lipinski definition) is 2. The Hall–Kier alpha value is -1.40. The number of carboxylic acid groups (broad SMARTS) is 1. The van der Waals surface area contributed by atoms with Crippen molar-refractivity contribution >= 4 is 23.2 Å². The molecule has 2 fully saturated rings. The summed E-state index contributed by atoms with van der Waals surface area (Å²) in [7, 11) is 0. The first kappa shape index (κ1) is 15.5. The van der Waals surface area contributed by atoms with Crippen LogP contribution in [-0.2, 0) is 9.59 Å². The first-order chi connectivity index (χ1) is 10.6. The lowest BCUT2D eigenvalue weighted by Crippen LogP contribution is -2.48. The van der Waals surface area contributed by atoms with Gasteiger partial charge in [0.25, 0.3) is 0 Å². The lowest BCUT2D eigenvalue weighted by molar-refractivity contribution is -0.157. The average Bonchev–Trinajstić information content (AvgIpc) is 3.07. The van der Waals surface area contributed by atoms with Crippen molar-refractivity contribution in [3.05, 3.63) is 22.4 Å². The maximum atomic E-state index is 12.6. The summed E-state index contributed by atoms with van der Waals surface area (Å²) in [4.78, 5) is 26.5. The standard InChI is InChI=1S/C16H21NO4S/c18-13(14-4-2-8-22-14)9-10-3-1-7-17(10)15(19)11-5-6-12(11)16(20)21/h2,4,8,10-13,18H,1,3,5-7,9H2,(H,20,21). The van der Waals surface area contributed by atoms with Gasteiger partial charge in [0.2, 0.25) is 5.91 Å². The maximum Gasteiger partial charge on any atom is 0.307 e. The van der Waals surface area contributed by atoms with Gasteiger partial charge >= 0.3 is 5.97 Å². The van der Waals surface area contributed by atoms with Crippen LogP contribution in [0.2, 0.25) is 0 Å². The maximum absolute atomic E-state index is 12.6. The molecule has 0 aromatic carbocycles. The Bertz CT molecular complexity index is 544. The highest BCUT2D eigenvalue weighted by molar-refractivity contribution is 7.10. The lowest BCUT2D eigenvalue weighted by atomic mass is 9.73. The van der Waals surface area contributed by atoms with E-state index in [2.05, 4.69) is 0 Å². The van der Waals surface area contributed by atoms with Gasteiger partial charge in [-0.05, 0) is 43.6 Å². The van der Waals surface area contributed by atoms with E-state index < -0.39 is 18.0 Å². The number of aliphatic hydroxyl groups excluding tert-OH is 1. The van der Waals surface area contributed by atoms with E-state index in [1.807, 2.05) is 22.4 Å². The van der Waals surface area contributed by atoms with E-state index in [9.17, 15) is 14.7 Å². The van der Waals surface area contributed by atoms with Gasteiger partial charge in [-0.15, -0.1) is 11.3 Å². The second kappa shape index (κ2) is 6.38. The molecule has 22 heavy (non-hydrogen) atoms. The fourth-order valence-corrected chi connectivity index (χ4v) is 4.25. The molecule has 0 bridgehead atoms. The number of hydrogen-bond acceptors (Lipinski definition) is 4. The molecule has 2 heterocycles. The van der Waals surface area contributed by atoms with E-state index in [0.717, 1.165) is 17.7 Å². The Kier molecular flexibility index (Phi) is 4.49. The van der Waals surface area contributed by atoms with Crippen LogP contribution in [-0.4, -0.2) is 39.6 Å². The summed E-state index contributed by atoms with van der Waals surface area (Å²) in [6.45, 7) is 0.684. The van der Waals surface area contributed by atoms with Crippen LogP contribution in [0.5, 0.6) is 0 Å². The topological polar surface area (TPSA) is 77.8 Å². The Balaban J connectivity index is 1.63. The molecule has 2 aliphatic rings. The number of carbonyl (C=O) groups excluding carboxylic acids is 1. The minimum Gasteiger partial charge on any atom is -0.481 e. The van der Waals surface area contributed by atoms with E-state index >= 15 is 0 Å². The fourth-order valence-electron chi connectivity index (χ4n) is 3.53. The van der Waals surface area contributed by atoms with Crippen LogP contribution in [0.25, 0.3) is 0 Å². The normalized spacial score (nSPS) is 29.1. The minimum absolute atomic E-state index is 0.0274. The third-order valence-electron chi connectivity index (χ3n) is 4.94. The van der Waals surface area contributed by atoms with Gasteiger partial charge in [0.15, 0.2) is 0 Å². The summed E-state index contributed by atoms with van der Waals surface area (Å²) in [5.41, 5.74) is 0. The zero-order valence-electron chi connectivity index (χ0n) is 12.4. The van der Waals surface area contributed by atoms with Crippen LogP contribution >= 0.6 is 11.3 Å². The molecule has 120 valence electrons. The second-order valence-corrected chi connectivity index (χ2v) is 7.20. The van der Waals surface area contributed by atoms with Gasteiger partial charge in [-0.1, -0.05) is 6.07 Å². The number of thiophene rings is 1. The summed E-state index contributed by atoms with van der Waals surface area (Å²) in [6.07, 6.45) is 3.08. The molecule has 4 unspecified atom stereocenters. The molecule has 5 nitrogen and oxygen atoms in total. The average molecular weight is 323 g/mol. The molecule has 1 aliphatic heterocycles. The number of nitrogens with zero attached hydrogens (tertiary/aromatic N) is 1. The number of carbonyl (C=O) groups is 2. The zero-order valence-corrected chi connectivity index (χ0v) is 13.2.